The van der Waals surface area contributed by atoms with E-state index in [1.165, 1.54) is 11.8 Å². The Morgan fingerprint density at radius 1 is 1.32 bits per heavy atom. The molecule has 3 aromatic heterocycles. The fourth-order valence-corrected chi connectivity index (χ4v) is 5.35. The number of ether oxygens (including phenoxy) is 1. The van der Waals surface area contributed by atoms with E-state index in [0.29, 0.717) is 16.6 Å². The van der Waals surface area contributed by atoms with Crippen molar-refractivity contribution >= 4 is 32.5 Å². The van der Waals surface area contributed by atoms with Gasteiger partial charge in [0.15, 0.2) is 5.82 Å². The molecule has 1 fully saturated rings. The van der Waals surface area contributed by atoms with E-state index in [4.69, 9.17) is 4.74 Å². The number of sulfonamides is 1. The van der Waals surface area contributed by atoms with Crippen molar-refractivity contribution in [2.75, 3.05) is 38.4 Å². The van der Waals surface area contributed by atoms with Crippen LogP contribution in [0.15, 0.2) is 24.4 Å². The maximum Gasteiger partial charge on any atom is 0.281 e. The molecule has 1 aromatic carbocycles. The van der Waals surface area contributed by atoms with Crippen LogP contribution in [0.4, 0.5) is 23.5 Å². The standard InChI is InChI=1S/C22H24F4N8O3S/c1-12(9-23)34-16-8-13(4-5-15(16)29-31-34)18-14(24)10-33-19(18)20(37-2)28-21(30-33)27-17-6-7-32(38(3,35)36)11-22(17,25)26/h4-5,8,10,12,17H,6-7,9,11H2,1-3H3,(H,27,30)/t12-,17+/m0/s1. The van der Waals surface area contributed by atoms with Gasteiger partial charge in [-0.25, -0.2) is 35.2 Å². The monoisotopic (exact) mass is 556 g/mol. The summed E-state index contributed by atoms with van der Waals surface area (Å²) in [5.41, 5.74) is 1.62. The summed E-state index contributed by atoms with van der Waals surface area (Å²) >= 11 is 0. The van der Waals surface area contributed by atoms with Crippen LogP contribution in [0.5, 0.6) is 5.88 Å². The zero-order chi connectivity index (χ0) is 27.4. The van der Waals surface area contributed by atoms with Gasteiger partial charge < -0.3 is 10.1 Å². The lowest BCUT2D eigenvalue weighted by molar-refractivity contribution is -0.0541. The molecular formula is C22H24F4N8O3S. The Balaban J connectivity index is 1.53. The van der Waals surface area contributed by atoms with Gasteiger partial charge >= 0.3 is 0 Å². The van der Waals surface area contributed by atoms with Gasteiger partial charge in [0.05, 0.1) is 49.3 Å². The van der Waals surface area contributed by atoms with Crippen LogP contribution in [0.25, 0.3) is 27.7 Å². The molecule has 0 saturated carbocycles. The summed E-state index contributed by atoms with van der Waals surface area (Å²) in [6.07, 6.45) is 1.74. The van der Waals surface area contributed by atoms with Crippen molar-refractivity contribution in [2.24, 2.45) is 0 Å². The van der Waals surface area contributed by atoms with Crippen LogP contribution in [0, 0.1) is 5.82 Å². The van der Waals surface area contributed by atoms with E-state index >= 15 is 4.39 Å². The van der Waals surface area contributed by atoms with Crippen molar-refractivity contribution in [2.45, 2.75) is 31.4 Å². The highest BCUT2D eigenvalue weighted by Gasteiger charge is 2.47. The second-order valence-electron chi connectivity index (χ2n) is 9.17. The average Bonchev–Trinajstić information content (AvgIpc) is 3.43. The first-order chi connectivity index (χ1) is 17.9. The normalized spacial score (nSPS) is 19.2. The minimum absolute atomic E-state index is 0.0813. The maximum atomic E-state index is 15.3. The molecular weight excluding hydrogens is 532 g/mol. The van der Waals surface area contributed by atoms with Crippen molar-refractivity contribution < 1.29 is 30.7 Å². The number of rotatable bonds is 7. The molecule has 11 nitrogen and oxygen atoms in total. The Kier molecular flexibility index (Phi) is 6.41. The number of alkyl halides is 3. The molecule has 0 aliphatic carbocycles. The molecule has 4 heterocycles. The van der Waals surface area contributed by atoms with Gasteiger partial charge in [-0.15, -0.1) is 10.2 Å². The van der Waals surface area contributed by atoms with Gasteiger partial charge in [-0.2, -0.15) is 9.29 Å². The number of piperidine rings is 1. The smallest absolute Gasteiger partial charge is 0.281 e. The predicted molar refractivity (Wildman–Crippen MR) is 130 cm³/mol. The number of benzene rings is 1. The van der Waals surface area contributed by atoms with Crippen molar-refractivity contribution in [3.63, 3.8) is 0 Å². The zero-order valence-electron chi connectivity index (χ0n) is 20.6. The number of aromatic nitrogens is 6. The number of nitrogens with one attached hydrogen (secondary N) is 1. The van der Waals surface area contributed by atoms with Gasteiger partial charge in [-0.05, 0) is 31.0 Å². The Hall–Kier alpha value is -3.53. The minimum Gasteiger partial charge on any atom is -0.479 e. The lowest BCUT2D eigenvalue weighted by Crippen LogP contribution is -2.55. The van der Waals surface area contributed by atoms with E-state index in [1.54, 1.807) is 25.1 Å². The number of anilines is 1. The SMILES string of the molecule is COc1nc(N[C@@H]2CCN(S(C)(=O)=O)CC2(F)F)nn2cc(F)c(-c3ccc4nnn([C@@H](C)CF)c4c3)c12. The highest BCUT2D eigenvalue weighted by Crippen LogP contribution is 2.36. The molecule has 0 unspecified atom stereocenters. The van der Waals surface area contributed by atoms with E-state index in [0.717, 1.165) is 21.3 Å². The largest absolute Gasteiger partial charge is 0.479 e. The van der Waals surface area contributed by atoms with E-state index < -0.39 is 47.1 Å². The van der Waals surface area contributed by atoms with Crippen LogP contribution >= 0.6 is 0 Å². The van der Waals surface area contributed by atoms with Crippen molar-refractivity contribution in [1.29, 1.82) is 0 Å². The van der Waals surface area contributed by atoms with Crippen LogP contribution < -0.4 is 10.1 Å². The molecule has 0 amide bonds. The summed E-state index contributed by atoms with van der Waals surface area (Å²) in [5, 5.41) is 14.7. The van der Waals surface area contributed by atoms with E-state index in [1.807, 2.05) is 0 Å². The number of hydrogen-bond donors (Lipinski definition) is 1. The van der Waals surface area contributed by atoms with Gasteiger partial charge in [0.25, 0.3) is 5.92 Å². The first-order valence-electron chi connectivity index (χ1n) is 11.6. The summed E-state index contributed by atoms with van der Waals surface area (Å²) < 4.78 is 90.2. The molecule has 1 saturated heterocycles. The number of nitrogens with zero attached hydrogens (tertiary/aromatic N) is 7. The van der Waals surface area contributed by atoms with Crippen LogP contribution in [-0.2, 0) is 10.0 Å². The van der Waals surface area contributed by atoms with Crippen molar-refractivity contribution in [1.82, 2.24) is 33.9 Å². The van der Waals surface area contributed by atoms with Crippen LogP contribution in [0.1, 0.15) is 19.4 Å². The highest BCUT2D eigenvalue weighted by atomic mass is 32.2. The summed E-state index contributed by atoms with van der Waals surface area (Å²) in [7, 11) is -2.48. The molecule has 0 radical (unpaired) electrons. The van der Waals surface area contributed by atoms with Gasteiger partial charge in [0, 0.05) is 6.54 Å². The Morgan fingerprint density at radius 2 is 2.08 bits per heavy atom. The molecule has 1 aliphatic heterocycles. The van der Waals surface area contributed by atoms with Gasteiger partial charge in [-0.3, -0.25) is 0 Å². The quantitative estimate of drug-likeness (QED) is 0.345. The molecule has 2 atom stereocenters. The van der Waals surface area contributed by atoms with Gasteiger partial charge in [0.2, 0.25) is 21.9 Å². The van der Waals surface area contributed by atoms with Crippen LogP contribution in [0.3, 0.4) is 0 Å². The molecule has 4 aromatic rings. The lowest BCUT2D eigenvalue weighted by atomic mass is 10.0. The van der Waals surface area contributed by atoms with Crippen molar-refractivity contribution in [3.05, 3.63) is 30.2 Å². The molecule has 1 N–H and O–H groups in total. The van der Waals surface area contributed by atoms with Crippen LogP contribution in [-0.4, -0.2) is 87.4 Å². The van der Waals surface area contributed by atoms with E-state index in [2.05, 4.69) is 25.7 Å². The molecule has 0 spiro atoms. The third kappa shape index (κ3) is 4.51. The molecule has 16 heteroatoms. The van der Waals surface area contributed by atoms with Gasteiger partial charge in [-0.1, -0.05) is 11.3 Å². The number of hydrogen-bond acceptors (Lipinski definition) is 8. The summed E-state index contributed by atoms with van der Waals surface area (Å²) in [4.78, 5) is 4.18. The average molecular weight is 557 g/mol. The molecule has 5 rings (SSSR count). The minimum atomic E-state index is -3.78. The molecule has 1 aliphatic rings. The summed E-state index contributed by atoms with van der Waals surface area (Å²) in [5.74, 6) is -4.42. The molecule has 38 heavy (non-hydrogen) atoms. The summed E-state index contributed by atoms with van der Waals surface area (Å²) in [6, 6.07) is 2.80. The summed E-state index contributed by atoms with van der Waals surface area (Å²) in [6.45, 7) is -0.131. The maximum absolute atomic E-state index is 15.3. The zero-order valence-corrected chi connectivity index (χ0v) is 21.4. The van der Waals surface area contributed by atoms with E-state index in [9.17, 15) is 21.6 Å². The second-order valence-corrected chi connectivity index (χ2v) is 11.2. The Bertz CT molecular complexity index is 1620. The van der Waals surface area contributed by atoms with Crippen LogP contribution in [0.2, 0.25) is 0 Å². The fourth-order valence-electron chi connectivity index (χ4n) is 4.51. The third-order valence-electron chi connectivity index (χ3n) is 6.48. The van der Waals surface area contributed by atoms with Crippen molar-refractivity contribution in [3.8, 4) is 17.0 Å². The lowest BCUT2D eigenvalue weighted by Gasteiger charge is -2.37. The number of methoxy groups -OCH3 is 1. The Labute approximate surface area is 214 Å². The third-order valence-corrected chi connectivity index (χ3v) is 7.73. The number of fused-ring (bicyclic) bond motifs is 2. The second kappa shape index (κ2) is 9.34. The molecule has 0 bridgehead atoms. The number of halogens is 4. The molecule has 204 valence electrons. The highest BCUT2D eigenvalue weighted by molar-refractivity contribution is 7.88. The Morgan fingerprint density at radius 3 is 2.74 bits per heavy atom. The fraction of sp³-hybridized carbons (Fsp3) is 0.455. The first-order valence-corrected chi connectivity index (χ1v) is 13.4. The topological polar surface area (TPSA) is 120 Å². The van der Waals surface area contributed by atoms with Gasteiger partial charge in [0.1, 0.15) is 17.7 Å². The predicted octanol–water partition coefficient (Wildman–Crippen LogP) is 2.90. The van der Waals surface area contributed by atoms with E-state index in [-0.39, 0.29) is 35.9 Å². The first kappa shape index (κ1) is 26.1.